The molecule has 1 amide bonds. The maximum absolute atomic E-state index is 13.3. The van der Waals surface area contributed by atoms with Crippen molar-refractivity contribution in [3.63, 3.8) is 0 Å². The van der Waals surface area contributed by atoms with E-state index in [-0.39, 0.29) is 10.9 Å². The lowest BCUT2D eigenvalue weighted by Gasteiger charge is -2.36. The zero-order valence-corrected chi connectivity index (χ0v) is 18.4. The summed E-state index contributed by atoms with van der Waals surface area (Å²) in [6.07, 6.45) is 0.933. The largest absolute Gasteiger partial charge is 0.378 e. The monoisotopic (exact) mass is 447 g/mol. The summed E-state index contributed by atoms with van der Waals surface area (Å²) in [7, 11) is 0. The van der Waals surface area contributed by atoms with Gasteiger partial charge in [0, 0.05) is 57.4 Å². The second-order valence-electron chi connectivity index (χ2n) is 7.88. The topological polar surface area (TPSA) is 61.8 Å². The molecule has 0 radical (unpaired) electrons. The van der Waals surface area contributed by atoms with Crippen LogP contribution in [0.2, 0.25) is 5.02 Å². The fourth-order valence-electron chi connectivity index (χ4n) is 3.89. The predicted octanol–water partition coefficient (Wildman–Crippen LogP) is 2.70. The molecule has 0 spiro atoms. The first-order valence-electron chi connectivity index (χ1n) is 10.6. The number of aryl methyl sites for hydroxylation is 2. The summed E-state index contributed by atoms with van der Waals surface area (Å²) in [4.78, 5) is 28.3. The summed E-state index contributed by atoms with van der Waals surface area (Å²) in [5.74, 6) is 1.31. The maximum atomic E-state index is 13.3. The minimum absolute atomic E-state index is 0.0927. The van der Waals surface area contributed by atoms with Gasteiger partial charge in [-0.1, -0.05) is 17.7 Å². The molecule has 9 heteroatoms. The highest BCUT2D eigenvalue weighted by molar-refractivity contribution is 6.30. The van der Waals surface area contributed by atoms with Crippen molar-refractivity contribution in [3.05, 3.63) is 46.4 Å². The second kappa shape index (κ2) is 9.78. The van der Waals surface area contributed by atoms with Crippen LogP contribution in [0.25, 0.3) is 0 Å². The van der Waals surface area contributed by atoms with Gasteiger partial charge < -0.3 is 19.4 Å². The first-order chi connectivity index (χ1) is 15.0. The average Bonchev–Trinajstić information content (AvgIpc) is 2.80. The van der Waals surface area contributed by atoms with Crippen LogP contribution in [0.15, 0.2) is 24.3 Å². The van der Waals surface area contributed by atoms with Crippen molar-refractivity contribution in [1.82, 2.24) is 14.9 Å². The standard InChI is InChI=1S/C22H27ClFN5O2/c1-16-14-20(26-22(25-16)29-10-12-31-13-11-29)27-6-8-28(9-7-27)21(30)5-3-17-2-4-19(24)18(23)15-17/h2,4,14-15H,3,5-13H2,1H3. The molecule has 0 bridgehead atoms. The third-order valence-corrected chi connectivity index (χ3v) is 5.98. The maximum Gasteiger partial charge on any atom is 0.227 e. The van der Waals surface area contributed by atoms with Gasteiger partial charge in [0.2, 0.25) is 11.9 Å². The van der Waals surface area contributed by atoms with E-state index in [1.807, 2.05) is 17.9 Å². The van der Waals surface area contributed by atoms with Crippen molar-refractivity contribution in [2.75, 3.05) is 62.3 Å². The van der Waals surface area contributed by atoms with Gasteiger partial charge in [-0.2, -0.15) is 4.98 Å². The Labute approximate surface area is 186 Å². The van der Waals surface area contributed by atoms with Gasteiger partial charge in [0.15, 0.2) is 0 Å². The van der Waals surface area contributed by atoms with Crippen LogP contribution in [-0.4, -0.2) is 73.3 Å². The van der Waals surface area contributed by atoms with E-state index in [1.165, 1.54) is 6.07 Å². The fraction of sp³-hybridized carbons (Fsp3) is 0.500. The number of benzene rings is 1. The van der Waals surface area contributed by atoms with E-state index in [0.29, 0.717) is 39.1 Å². The van der Waals surface area contributed by atoms with Gasteiger partial charge in [0.05, 0.1) is 18.2 Å². The van der Waals surface area contributed by atoms with E-state index >= 15 is 0 Å². The summed E-state index contributed by atoms with van der Waals surface area (Å²) < 4.78 is 18.7. The van der Waals surface area contributed by atoms with Crippen LogP contribution < -0.4 is 9.80 Å². The molecule has 31 heavy (non-hydrogen) atoms. The molecule has 0 aliphatic carbocycles. The molecule has 2 aliphatic heterocycles. The first kappa shape index (κ1) is 21.8. The Morgan fingerprint density at radius 3 is 2.52 bits per heavy atom. The molecule has 3 heterocycles. The van der Waals surface area contributed by atoms with Crippen molar-refractivity contribution in [2.45, 2.75) is 19.8 Å². The van der Waals surface area contributed by atoms with Gasteiger partial charge in [-0.3, -0.25) is 4.79 Å². The molecule has 2 aromatic rings. The highest BCUT2D eigenvalue weighted by Crippen LogP contribution is 2.21. The van der Waals surface area contributed by atoms with Gasteiger partial charge in [-0.25, -0.2) is 9.37 Å². The molecule has 1 aromatic heterocycles. The van der Waals surface area contributed by atoms with Crippen molar-refractivity contribution in [3.8, 4) is 0 Å². The quantitative estimate of drug-likeness (QED) is 0.702. The Hall–Kier alpha value is -2.45. The zero-order chi connectivity index (χ0) is 21.8. The molecule has 2 saturated heterocycles. The molecular formula is C22H27ClFN5O2. The van der Waals surface area contributed by atoms with Crippen LogP contribution in [-0.2, 0) is 16.0 Å². The van der Waals surface area contributed by atoms with E-state index < -0.39 is 5.82 Å². The molecule has 0 saturated carbocycles. The minimum atomic E-state index is -0.440. The highest BCUT2D eigenvalue weighted by atomic mass is 35.5. The lowest BCUT2D eigenvalue weighted by atomic mass is 10.1. The smallest absolute Gasteiger partial charge is 0.227 e. The molecule has 0 unspecified atom stereocenters. The van der Waals surface area contributed by atoms with Crippen LogP contribution in [0.1, 0.15) is 17.7 Å². The van der Waals surface area contributed by atoms with E-state index in [2.05, 4.69) is 14.8 Å². The summed E-state index contributed by atoms with van der Waals surface area (Å²) >= 11 is 5.83. The molecular weight excluding hydrogens is 421 g/mol. The summed E-state index contributed by atoms with van der Waals surface area (Å²) in [5.41, 5.74) is 1.80. The molecule has 2 aliphatic rings. The predicted molar refractivity (Wildman–Crippen MR) is 118 cm³/mol. The van der Waals surface area contributed by atoms with Gasteiger partial charge >= 0.3 is 0 Å². The average molecular weight is 448 g/mol. The Bertz CT molecular complexity index is 930. The number of piperazine rings is 1. The van der Waals surface area contributed by atoms with E-state index in [9.17, 15) is 9.18 Å². The van der Waals surface area contributed by atoms with Gasteiger partial charge in [0.1, 0.15) is 11.6 Å². The molecule has 0 N–H and O–H groups in total. The number of morpholine rings is 1. The van der Waals surface area contributed by atoms with E-state index in [4.69, 9.17) is 21.3 Å². The number of ether oxygens (including phenoxy) is 1. The van der Waals surface area contributed by atoms with Crippen molar-refractivity contribution in [1.29, 1.82) is 0 Å². The molecule has 2 fully saturated rings. The lowest BCUT2D eigenvalue weighted by Crippen LogP contribution is -2.49. The van der Waals surface area contributed by atoms with Crippen LogP contribution in [0.5, 0.6) is 0 Å². The number of rotatable bonds is 5. The Kier molecular flexibility index (Phi) is 6.87. The number of hydrogen-bond donors (Lipinski definition) is 0. The highest BCUT2D eigenvalue weighted by Gasteiger charge is 2.23. The Morgan fingerprint density at radius 2 is 1.81 bits per heavy atom. The van der Waals surface area contributed by atoms with Crippen LogP contribution in [0, 0.1) is 12.7 Å². The van der Waals surface area contributed by atoms with Crippen LogP contribution in [0.4, 0.5) is 16.2 Å². The van der Waals surface area contributed by atoms with Crippen molar-refractivity contribution >= 4 is 29.3 Å². The Balaban J connectivity index is 1.32. The SMILES string of the molecule is Cc1cc(N2CCN(C(=O)CCc3ccc(F)c(Cl)c3)CC2)nc(N2CCOCC2)n1. The molecule has 166 valence electrons. The number of anilines is 2. The van der Waals surface area contributed by atoms with Crippen LogP contribution in [0.3, 0.4) is 0 Å². The first-order valence-corrected chi connectivity index (χ1v) is 11.0. The van der Waals surface area contributed by atoms with Gasteiger partial charge in [0.25, 0.3) is 0 Å². The number of carbonyl (C=O) groups is 1. The third kappa shape index (κ3) is 5.43. The van der Waals surface area contributed by atoms with Crippen LogP contribution >= 0.6 is 11.6 Å². The summed E-state index contributed by atoms with van der Waals surface area (Å²) in [6, 6.07) is 6.61. The number of nitrogens with zero attached hydrogens (tertiary/aromatic N) is 5. The number of hydrogen-bond acceptors (Lipinski definition) is 6. The summed E-state index contributed by atoms with van der Waals surface area (Å²) in [6.45, 7) is 7.72. The van der Waals surface area contributed by atoms with Crippen molar-refractivity contribution in [2.24, 2.45) is 0 Å². The number of amides is 1. The van der Waals surface area contributed by atoms with E-state index in [0.717, 1.165) is 49.2 Å². The van der Waals surface area contributed by atoms with Gasteiger partial charge in [-0.05, 0) is 31.0 Å². The Morgan fingerprint density at radius 1 is 1.06 bits per heavy atom. The number of carbonyl (C=O) groups excluding carboxylic acids is 1. The van der Waals surface area contributed by atoms with Crippen molar-refractivity contribution < 1.29 is 13.9 Å². The zero-order valence-electron chi connectivity index (χ0n) is 17.7. The fourth-order valence-corrected chi connectivity index (χ4v) is 4.10. The molecule has 0 atom stereocenters. The number of halogens is 2. The summed E-state index contributed by atoms with van der Waals surface area (Å²) in [5, 5.41) is 0.0927. The minimum Gasteiger partial charge on any atom is -0.378 e. The van der Waals surface area contributed by atoms with E-state index in [1.54, 1.807) is 12.1 Å². The number of aromatic nitrogens is 2. The lowest BCUT2D eigenvalue weighted by molar-refractivity contribution is -0.131. The molecule has 4 rings (SSSR count). The van der Waals surface area contributed by atoms with Gasteiger partial charge in [-0.15, -0.1) is 0 Å². The molecule has 7 nitrogen and oxygen atoms in total. The molecule has 1 aromatic carbocycles. The third-order valence-electron chi connectivity index (χ3n) is 5.69. The second-order valence-corrected chi connectivity index (χ2v) is 8.29. The normalized spacial score (nSPS) is 17.2.